The summed E-state index contributed by atoms with van der Waals surface area (Å²) in [6.07, 6.45) is 2.24. The van der Waals surface area contributed by atoms with E-state index in [4.69, 9.17) is 10.2 Å². The zero-order chi connectivity index (χ0) is 9.56. The molecule has 0 aromatic heterocycles. The van der Waals surface area contributed by atoms with E-state index in [1.165, 1.54) is 0 Å². The number of carbonyl (C=O) groups is 2. The summed E-state index contributed by atoms with van der Waals surface area (Å²) in [6, 6.07) is 0. The molecule has 4 nitrogen and oxygen atoms in total. The van der Waals surface area contributed by atoms with Crippen LogP contribution in [0.1, 0.15) is 12.8 Å². The molecule has 0 aromatic rings. The van der Waals surface area contributed by atoms with Crippen LogP contribution in [0.4, 0.5) is 0 Å². The van der Waals surface area contributed by atoms with E-state index in [0.29, 0.717) is 11.5 Å². The average molecular weight is 194 g/mol. The number of aliphatic carboxylic acids is 2. The molecule has 0 saturated heterocycles. The molecule has 0 aliphatic rings. The van der Waals surface area contributed by atoms with Gasteiger partial charge in [0, 0.05) is 0 Å². The number of hydrogen-bond acceptors (Lipinski definition) is 2. The normalized spacial score (nSPS) is 10.9. The Morgan fingerprint density at radius 1 is 1.08 bits per heavy atom. The Bertz CT molecular complexity index is 151. The minimum atomic E-state index is -0.806. The van der Waals surface area contributed by atoms with E-state index in [1.54, 1.807) is 0 Å². The molecule has 0 unspecified atom stereocenters. The maximum atomic E-state index is 10.1. The van der Waals surface area contributed by atoms with Gasteiger partial charge in [-0.3, -0.25) is 20.5 Å². The number of hydrogen-bond donors (Lipinski definition) is 3. The first-order valence-corrected chi connectivity index (χ1v) is 5.80. The molecule has 0 aliphatic heterocycles. The predicted molar refractivity (Wildman–Crippen MR) is 49.1 cm³/mol. The first-order chi connectivity index (χ1) is 5.52. The quantitative estimate of drug-likeness (QED) is 0.540. The highest BCUT2D eigenvalue weighted by Gasteiger charge is 2.04. The van der Waals surface area contributed by atoms with E-state index < -0.39 is 22.8 Å². The van der Waals surface area contributed by atoms with Crippen LogP contribution in [0, 0.1) is 0 Å². The van der Waals surface area contributed by atoms with Crippen molar-refractivity contribution in [3.05, 3.63) is 0 Å². The van der Waals surface area contributed by atoms with Crippen molar-refractivity contribution in [1.29, 1.82) is 0 Å². The highest BCUT2D eigenvalue weighted by molar-refractivity contribution is 8.16. The fourth-order valence-electron chi connectivity index (χ4n) is 0.685. The Morgan fingerprint density at radius 3 is 1.67 bits per heavy atom. The lowest BCUT2D eigenvalue weighted by atomic mass is 10.5. The Kier molecular flexibility index (Phi) is 5.53. The van der Waals surface area contributed by atoms with E-state index in [1.807, 2.05) is 6.26 Å². The Labute approximate surface area is 73.9 Å². The molecular formula is C7H14O4S. The first-order valence-electron chi connectivity index (χ1n) is 3.64. The van der Waals surface area contributed by atoms with Gasteiger partial charge >= 0.3 is 11.9 Å². The van der Waals surface area contributed by atoms with Crippen molar-refractivity contribution in [1.82, 2.24) is 0 Å². The van der Waals surface area contributed by atoms with E-state index >= 15 is 0 Å². The average Bonchev–Trinajstić information content (AvgIpc) is 1.96. The first kappa shape index (κ1) is 11.3. The van der Waals surface area contributed by atoms with Gasteiger partial charge in [0.15, 0.2) is 0 Å². The molecule has 0 rings (SSSR count). The molecule has 0 heterocycles. The van der Waals surface area contributed by atoms with Crippen molar-refractivity contribution in [2.24, 2.45) is 0 Å². The minimum absolute atomic E-state index is 0.155. The summed E-state index contributed by atoms with van der Waals surface area (Å²) >= 11 is 0. The van der Waals surface area contributed by atoms with Crippen LogP contribution in [0.2, 0.25) is 0 Å². The fourth-order valence-corrected chi connectivity index (χ4v) is 2.05. The smallest absolute Gasteiger partial charge is 0.304 e. The molecular weight excluding hydrogens is 180 g/mol. The van der Waals surface area contributed by atoms with E-state index in [2.05, 4.69) is 0 Å². The lowest BCUT2D eigenvalue weighted by Gasteiger charge is -2.12. The molecule has 0 saturated carbocycles. The number of carboxylic acid groups (broad SMARTS) is 2. The molecule has 0 atom stereocenters. The van der Waals surface area contributed by atoms with Crippen molar-refractivity contribution in [2.75, 3.05) is 17.8 Å². The molecule has 0 spiro atoms. The topological polar surface area (TPSA) is 74.6 Å². The van der Waals surface area contributed by atoms with Crippen LogP contribution in [0.15, 0.2) is 0 Å². The van der Waals surface area contributed by atoms with Crippen LogP contribution in [0.5, 0.6) is 0 Å². The zero-order valence-electron chi connectivity index (χ0n) is 6.99. The monoisotopic (exact) mass is 194 g/mol. The number of thiol groups is 1. The van der Waals surface area contributed by atoms with Gasteiger partial charge in [0.25, 0.3) is 0 Å². The van der Waals surface area contributed by atoms with Gasteiger partial charge in [-0.25, -0.2) is 0 Å². The predicted octanol–water partition coefficient (Wildman–Crippen LogP) is 0.567. The summed E-state index contributed by atoms with van der Waals surface area (Å²) in [4.78, 5) is 20.3. The third-order valence-corrected chi connectivity index (χ3v) is 3.39. The van der Waals surface area contributed by atoms with Gasteiger partial charge in [0.2, 0.25) is 0 Å². The molecule has 2 N–H and O–H groups in total. The van der Waals surface area contributed by atoms with Gasteiger partial charge in [0.1, 0.15) is 0 Å². The Morgan fingerprint density at radius 2 is 1.42 bits per heavy atom. The summed E-state index contributed by atoms with van der Waals surface area (Å²) in [5, 5.41) is 16.7. The molecule has 5 heteroatoms. The molecule has 0 amide bonds. The standard InChI is InChI=1S/C7H14O4S/c1-12(4-2-6(8)9)5-3-7(10)11/h12H,2-5H2,1H3,(H,8,9)(H,10,11). The van der Waals surface area contributed by atoms with Crippen LogP contribution < -0.4 is 0 Å². The summed E-state index contributed by atoms with van der Waals surface area (Å²) in [5.74, 6) is -0.366. The van der Waals surface area contributed by atoms with Crippen molar-refractivity contribution in [3.8, 4) is 0 Å². The van der Waals surface area contributed by atoms with Crippen molar-refractivity contribution < 1.29 is 19.8 Å². The molecule has 0 bridgehead atoms. The van der Waals surface area contributed by atoms with Crippen LogP contribution >= 0.6 is 10.9 Å². The second-order valence-corrected chi connectivity index (χ2v) is 5.20. The Balaban J connectivity index is 3.39. The number of rotatable bonds is 6. The minimum Gasteiger partial charge on any atom is -0.481 e. The molecule has 0 radical (unpaired) electrons. The maximum Gasteiger partial charge on any atom is 0.304 e. The molecule has 0 aromatic carbocycles. The van der Waals surface area contributed by atoms with Crippen LogP contribution in [0.25, 0.3) is 0 Å². The fraction of sp³-hybridized carbons (Fsp3) is 0.714. The van der Waals surface area contributed by atoms with Crippen molar-refractivity contribution in [3.63, 3.8) is 0 Å². The summed E-state index contributed by atoms with van der Waals surface area (Å²) in [5.41, 5.74) is 0. The third kappa shape index (κ3) is 7.40. The number of carboxylic acids is 2. The Hall–Kier alpha value is -0.710. The van der Waals surface area contributed by atoms with Crippen LogP contribution in [0.3, 0.4) is 0 Å². The SMILES string of the molecule is C[SH](CCC(=O)O)CCC(=O)O. The summed E-state index contributed by atoms with van der Waals surface area (Å²) in [7, 11) is -0.407. The van der Waals surface area contributed by atoms with E-state index in [0.717, 1.165) is 0 Å². The van der Waals surface area contributed by atoms with Crippen LogP contribution in [-0.2, 0) is 9.59 Å². The van der Waals surface area contributed by atoms with Crippen molar-refractivity contribution in [2.45, 2.75) is 12.8 Å². The zero-order valence-corrected chi connectivity index (χ0v) is 7.88. The van der Waals surface area contributed by atoms with Gasteiger partial charge in [0.05, 0.1) is 12.8 Å². The largest absolute Gasteiger partial charge is 0.481 e. The molecule has 12 heavy (non-hydrogen) atoms. The van der Waals surface area contributed by atoms with Gasteiger partial charge in [-0.05, 0) is 17.8 Å². The van der Waals surface area contributed by atoms with E-state index in [-0.39, 0.29) is 12.8 Å². The third-order valence-electron chi connectivity index (χ3n) is 1.41. The highest BCUT2D eigenvalue weighted by atomic mass is 32.2. The van der Waals surface area contributed by atoms with Crippen molar-refractivity contribution >= 4 is 22.8 Å². The maximum absolute atomic E-state index is 10.1. The second-order valence-electron chi connectivity index (χ2n) is 2.59. The van der Waals surface area contributed by atoms with Gasteiger partial charge in [-0.2, -0.15) is 0 Å². The molecule has 0 aliphatic carbocycles. The summed E-state index contributed by atoms with van der Waals surface area (Å²) in [6.45, 7) is 0. The van der Waals surface area contributed by atoms with Crippen LogP contribution in [-0.4, -0.2) is 39.9 Å². The highest BCUT2D eigenvalue weighted by Crippen LogP contribution is 2.21. The van der Waals surface area contributed by atoms with Gasteiger partial charge in [-0.15, -0.1) is 0 Å². The van der Waals surface area contributed by atoms with E-state index in [9.17, 15) is 9.59 Å². The lowest BCUT2D eigenvalue weighted by Crippen LogP contribution is -2.04. The molecule has 72 valence electrons. The summed E-state index contributed by atoms with van der Waals surface area (Å²) < 4.78 is 0. The van der Waals surface area contributed by atoms with Gasteiger partial charge in [-0.1, -0.05) is 0 Å². The van der Waals surface area contributed by atoms with Gasteiger partial charge < -0.3 is 10.2 Å². The second kappa shape index (κ2) is 5.88. The lowest BCUT2D eigenvalue weighted by molar-refractivity contribution is -0.137. The molecule has 0 fully saturated rings.